The van der Waals surface area contributed by atoms with E-state index in [1.807, 2.05) is 42.5 Å². The standard InChI is InChI=1S/C14H16N2O2/c1-12(15-17)10-16(11-14-8-5-9-18-14)13-6-3-2-4-7-13/h2-9,17H,10-11H2,1H3/b15-12+. The van der Waals surface area contributed by atoms with E-state index in [0.717, 1.165) is 11.4 Å². The van der Waals surface area contributed by atoms with Crippen molar-refractivity contribution in [3.63, 3.8) is 0 Å². The second-order valence-electron chi connectivity index (χ2n) is 4.11. The molecule has 0 amide bonds. The fraction of sp³-hybridized carbons (Fsp3) is 0.214. The zero-order valence-corrected chi connectivity index (χ0v) is 10.3. The molecule has 2 rings (SSSR count). The van der Waals surface area contributed by atoms with Gasteiger partial charge in [0.05, 0.1) is 25.1 Å². The lowest BCUT2D eigenvalue weighted by molar-refractivity contribution is 0.317. The summed E-state index contributed by atoms with van der Waals surface area (Å²) >= 11 is 0. The summed E-state index contributed by atoms with van der Waals surface area (Å²) in [5.41, 5.74) is 1.72. The summed E-state index contributed by atoms with van der Waals surface area (Å²) in [6, 6.07) is 13.8. The molecule has 0 spiro atoms. The minimum atomic E-state index is 0.557. The highest BCUT2D eigenvalue weighted by Crippen LogP contribution is 2.16. The highest BCUT2D eigenvalue weighted by atomic mass is 16.4. The molecule has 0 aliphatic carbocycles. The summed E-state index contributed by atoms with van der Waals surface area (Å²) in [5, 5.41) is 12.0. The van der Waals surface area contributed by atoms with Gasteiger partial charge in [-0.3, -0.25) is 0 Å². The topological polar surface area (TPSA) is 49.0 Å². The van der Waals surface area contributed by atoms with Crippen molar-refractivity contribution in [2.45, 2.75) is 13.5 Å². The zero-order chi connectivity index (χ0) is 12.8. The maximum atomic E-state index is 8.79. The van der Waals surface area contributed by atoms with E-state index in [9.17, 15) is 0 Å². The number of rotatable bonds is 5. The Morgan fingerprint density at radius 2 is 2.00 bits per heavy atom. The van der Waals surface area contributed by atoms with Gasteiger partial charge in [0.25, 0.3) is 0 Å². The molecular formula is C14H16N2O2. The number of nitrogens with zero attached hydrogens (tertiary/aromatic N) is 2. The van der Waals surface area contributed by atoms with E-state index in [0.29, 0.717) is 18.8 Å². The van der Waals surface area contributed by atoms with Crippen molar-refractivity contribution in [1.29, 1.82) is 0 Å². The number of anilines is 1. The Balaban J connectivity index is 2.18. The molecule has 0 aliphatic heterocycles. The summed E-state index contributed by atoms with van der Waals surface area (Å²) in [7, 11) is 0. The lowest BCUT2D eigenvalue weighted by Crippen LogP contribution is -2.28. The number of benzene rings is 1. The van der Waals surface area contributed by atoms with E-state index in [4.69, 9.17) is 9.62 Å². The first-order valence-corrected chi connectivity index (χ1v) is 5.79. The first-order chi connectivity index (χ1) is 8.79. The van der Waals surface area contributed by atoms with Crippen LogP contribution in [0, 0.1) is 0 Å². The van der Waals surface area contributed by atoms with Crippen LogP contribution in [0.4, 0.5) is 5.69 Å². The van der Waals surface area contributed by atoms with Gasteiger partial charge in [-0.1, -0.05) is 23.4 Å². The number of hydrogen-bond donors (Lipinski definition) is 1. The molecule has 0 atom stereocenters. The van der Waals surface area contributed by atoms with Crippen molar-refractivity contribution in [2.24, 2.45) is 5.16 Å². The fourth-order valence-electron chi connectivity index (χ4n) is 1.78. The molecule has 0 saturated carbocycles. The average Bonchev–Trinajstić information content (AvgIpc) is 2.92. The van der Waals surface area contributed by atoms with Gasteiger partial charge in [0.1, 0.15) is 5.76 Å². The molecule has 0 radical (unpaired) electrons. The molecule has 0 fully saturated rings. The maximum absolute atomic E-state index is 8.79. The summed E-state index contributed by atoms with van der Waals surface area (Å²) in [5.74, 6) is 0.879. The van der Waals surface area contributed by atoms with Crippen molar-refractivity contribution in [3.05, 3.63) is 54.5 Å². The van der Waals surface area contributed by atoms with Crippen molar-refractivity contribution in [2.75, 3.05) is 11.4 Å². The highest BCUT2D eigenvalue weighted by Gasteiger charge is 2.10. The van der Waals surface area contributed by atoms with E-state index in [1.54, 1.807) is 13.2 Å². The Hall–Kier alpha value is -2.23. The van der Waals surface area contributed by atoms with Gasteiger partial charge in [-0.25, -0.2) is 0 Å². The van der Waals surface area contributed by atoms with Crippen LogP contribution in [0.3, 0.4) is 0 Å². The molecule has 0 unspecified atom stereocenters. The molecular weight excluding hydrogens is 228 g/mol. The third-order valence-electron chi connectivity index (χ3n) is 2.64. The van der Waals surface area contributed by atoms with E-state index in [1.165, 1.54) is 0 Å². The lowest BCUT2D eigenvalue weighted by Gasteiger charge is -2.23. The third-order valence-corrected chi connectivity index (χ3v) is 2.64. The predicted octanol–water partition coefficient (Wildman–Crippen LogP) is 3.14. The summed E-state index contributed by atoms with van der Waals surface area (Å²) in [6.45, 7) is 2.99. The van der Waals surface area contributed by atoms with Crippen LogP contribution in [0.1, 0.15) is 12.7 Å². The molecule has 1 aromatic carbocycles. The third kappa shape index (κ3) is 3.13. The molecule has 1 heterocycles. The van der Waals surface area contributed by atoms with Gasteiger partial charge in [0.15, 0.2) is 0 Å². The van der Waals surface area contributed by atoms with Crippen molar-refractivity contribution >= 4 is 11.4 Å². The smallest absolute Gasteiger partial charge is 0.123 e. The second kappa shape index (κ2) is 5.91. The molecule has 1 N–H and O–H groups in total. The van der Waals surface area contributed by atoms with Crippen LogP contribution < -0.4 is 4.90 Å². The van der Waals surface area contributed by atoms with Gasteiger partial charge in [-0.2, -0.15) is 0 Å². The normalized spacial score (nSPS) is 11.5. The molecule has 94 valence electrons. The van der Waals surface area contributed by atoms with E-state index < -0.39 is 0 Å². The van der Waals surface area contributed by atoms with Crippen LogP contribution in [0.5, 0.6) is 0 Å². The molecule has 4 heteroatoms. The minimum Gasteiger partial charge on any atom is -0.467 e. The monoisotopic (exact) mass is 244 g/mol. The van der Waals surface area contributed by atoms with Gasteiger partial charge >= 0.3 is 0 Å². The largest absolute Gasteiger partial charge is 0.467 e. The van der Waals surface area contributed by atoms with E-state index in [-0.39, 0.29) is 0 Å². The lowest BCUT2D eigenvalue weighted by atomic mass is 10.2. The van der Waals surface area contributed by atoms with Gasteiger partial charge in [0, 0.05) is 5.69 Å². The summed E-state index contributed by atoms with van der Waals surface area (Å²) < 4.78 is 5.36. The van der Waals surface area contributed by atoms with Crippen LogP contribution in [-0.2, 0) is 6.54 Å². The summed E-state index contributed by atoms with van der Waals surface area (Å²) in [6.07, 6.45) is 1.66. The molecule has 0 aliphatic rings. The van der Waals surface area contributed by atoms with Gasteiger partial charge in [-0.05, 0) is 31.2 Å². The van der Waals surface area contributed by atoms with Crippen molar-refractivity contribution < 1.29 is 9.62 Å². The molecule has 2 aromatic rings. The van der Waals surface area contributed by atoms with Crippen LogP contribution in [-0.4, -0.2) is 17.5 Å². The molecule has 1 aromatic heterocycles. The number of hydrogen-bond acceptors (Lipinski definition) is 4. The molecule has 0 bridgehead atoms. The number of oxime groups is 1. The Bertz CT molecular complexity index is 492. The van der Waals surface area contributed by atoms with Crippen LogP contribution >= 0.6 is 0 Å². The van der Waals surface area contributed by atoms with Crippen LogP contribution in [0.15, 0.2) is 58.3 Å². The summed E-state index contributed by atoms with van der Waals surface area (Å²) in [4.78, 5) is 2.09. The number of furan rings is 1. The van der Waals surface area contributed by atoms with E-state index in [2.05, 4.69) is 10.1 Å². The molecule has 18 heavy (non-hydrogen) atoms. The Morgan fingerprint density at radius 3 is 2.61 bits per heavy atom. The van der Waals surface area contributed by atoms with Crippen molar-refractivity contribution in [3.8, 4) is 0 Å². The minimum absolute atomic E-state index is 0.557. The first-order valence-electron chi connectivity index (χ1n) is 5.79. The Kier molecular flexibility index (Phi) is 4.02. The van der Waals surface area contributed by atoms with Crippen LogP contribution in [0.25, 0.3) is 0 Å². The van der Waals surface area contributed by atoms with Gasteiger partial charge < -0.3 is 14.5 Å². The Labute approximate surface area is 106 Å². The van der Waals surface area contributed by atoms with Gasteiger partial charge in [0.2, 0.25) is 0 Å². The van der Waals surface area contributed by atoms with Gasteiger partial charge in [-0.15, -0.1) is 0 Å². The first kappa shape index (κ1) is 12.2. The quantitative estimate of drug-likeness (QED) is 0.499. The average molecular weight is 244 g/mol. The van der Waals surface area contributed by atoms with Crippen LogP contribution in [0.2, 0.25) is 0 Å². The molecule has 0 saturated heterocycles. The SMILES string of the molecule is C/C(CN(Cc1ccco1)c1ccccc1)=N\O. The highest BCUT2D eigenvalue weighted by molar-refractivity contribution is 5.86. The zero-order valence-electron chi connectivity index (χ0n) is 10.3. The Morgan fingerprint density at radius 1 is 1.22 bits per heavy atom. The maximum Gasteiger partial charge on any atom is 0.123 e. The fourth-order valence-corrected chi connectivity index (χ4v) is 1.78. The van der Waals surface area contributed by atoms with E-state index >= 15 is 0 Å². The van der Waals surface area contributed by atoms with Crippen molar-refractivity contribution in [1.82, 2.24) is 0 Å². The predicted molar refractivity (Wildman–Crippen MR) is 71.1 cm³/mol. The number of para-hydroxylation sites is 1. The molecule has 4 nitrogen and oxygen atoms in total. The second-order valence-corrected chi connectivity index (χ2v) is 4.11.